The van der Waals surface area contributed by atoms with E-state index >= 15 is 0 Å². The van der Waals surface area contributed by atoms with Crippen LogP contribution in [-0.2, 0) is 11.3 Å². The van der Waals surface area contributed by atoms with Crippen LogP contribution in [0, 0.1) is 0 Å². The minimum Gasteiger partial charge on any atom is -0.490 e. The number of methoxy groups -OCH3 is 1. The average molecular weight is 296 g/mol. The third-order valence-electron chi connectivity index (χ3n) is 2.94. The fourth-order valence-electron chi connectivity index (χ4n) is 1.86. The molecule has 5 heteroatoms. The molecule has 0 bridgehead atoms. The zero-order valence-electron chi connectivity index (χ0n) is 13.6. The van der Waals surface area contributed by atoms with E-state index in [1.165, 1.54) is 0 Å². The van der Waals surface area contributed by atoms with Crippen molar-refractivity contribution in [2.45, 2.75) is 13.5 Å². The maximum atomic E-state index is 5.95. The monoisotopic (exact) mass is 296 g/mol. The molecule has 1 rings (SSSR count). The van der Waals surface area contributed by atoms with Gasteiger partial charge in [-0.15, -0.1) is 0 Å². The molecular weight excluding hydrogens is 268 g/mol. The molecule has 0 atom stereocenters. The van der Waals surface area contributed by atoms with E-state index in [4.69, 9.17) is 14.2 Å². The number of para-hydroxylation sites is 1. The van der Waals surface area contributed by atoms with Crippen LogP contribution in [0.1, 0.15) is 12.5 Å². The van der Waals surface area contributed by atoms with Crippen molar-refractivity contribution in [2.75, 3.05) is 54.1 Å². The van der Waals surface area contributed by atoms with Crippen molar-refractivity contribution in [1.29, 1.82) is 0 Å². The van der Waals surface area contributed by atoms with E-state index in [1.54, 1.807) is 7.11 Å². The number of hydrogen-bond donors (Lipinski definition) is 1. The molecule has 0 aromatic heterocycles. The van der Waals surface area contributed by atoms with Gasteiger partial charge in [0.1, 0.15) is 6.61 Å². The van der Waals surface area contributed by atoms with Crippen LogP contribution >= 0.6 is 0 Å². The highest BCUT2D eigenvalue weighted by molar-refractivity contribution is 5.46. The van der Waals surface area contributed by atoms with Crippen LogP contribution < -0.4 is 14.8 Å². The molecule has 0 aliphatic rings. The van der Waals surface area contributed by atoms with Gasteiger partial charge in [-0.05, 0) is 27.1 Å². The lowest BCUT2D eigenvalue weighted by Crippen LogP contribution is -2.21. The first-order valence-corrected chi connectivity index (χ1v) is 7.40. The SMILES string of the molecule is CCOc1cccc(CNCCOC)c1OCCN(C)C. The van der Waals surface area contributed by atoms with Crippen LogP contribution in [0.3, 0.4) is 0 Å². The second-order valence-corrected chi connectivity index (χ2v) is 5.00. The summed E-state index contributed by atoms with van der Waals surface area (Å²) in [5, 5.41) is 3.34. The zero-order chi connectivity index (χ0) is 15.5. The predicted octanol–water partition coefficient (Wildman–Crippen LogP) is 1.76. The van der Waals surface area contributed by atoms with Gasteiger partial charge in [0.2, 0.25) is 0 Å². The Morgan fingerprint density at radius 1 is 1.14 bits per heavy atom. The quantitative estimate of drug-likeness (QED) is 0.630. The first kappa shape index (κ1) is 17.8. The van der Waals surface area contributed by atoms with Crippen LogP contribution in [0.4, 0.5) is 0 Å². The van der Waals surface area contributed by atoms with E-state index in [-0.39, 0.29) is 0 Å². The molecular formula is C16H28N2O3. The summed E-state index contributed by atoms with van der Waals surface area (Å²) in [4.78, 5) is 2.10. The first-order valence-electron chi connectivity index (χ1n) is 7.40. The molecule has 0 saturated carbocycles. The molecule has 0 aliphatic heterocycles. The molecule has 0 saturated heterocycles. The highest BCUT2D eigenvalue weighted by atomic mass is 16.5. The standard InChI is InChI=1S/C16H28N2O3/c1-5-20-15-8-6-7-14(13-17-9-11-19-4)16(15)21-12-10-18(2)3/h6-8,17H,5,9-13H2,1-4H3. The number of nitrogens with one attached hydrogen (secondary N) is 1. The topological polar surface area (TPSA) is 43.0 Å². The molecule has 1 N–H and O–H groups in total. The van der Waals surface area contributed by atoms with Crippen LogP contribution in [-0.4, -0.2) is 59.0 Å². The van der Waals surface area contributed by atoms with E-state index in [2.05, 4.69) is 16.3 Å². The Morgan fingerprint density at radius 2 is 1.95 bits per heavy atom. The van der Waals surface area contributed by atoms with Crippen molar-refractivity contribution < 1.29 is 14.2 Å². The number of likely N-dealkylation sites (N-methyl/N-ethyl adjacent to an activating group) is 1. The Hall–Kier alpha value is -1.30. The number of nitrogens with zero attached hydrogens (tertiary/aromatic N) is 1. The van der Waals surface area contributed by atoms with Gasteiger partial charge in [-0.3, -0.25) is 0 Å². The maximum Gasteiger partial charge on any atom is 0.165 e. The third kappa shape index (κ3) is 6.80. The summed E-state index contributed by atoms with van der Waals surface area (Å²) in [6.07, 6.45) is 0. The summed E-state index contributed by atoms with van der Waals surface area (Å²) in [7, 11) is 5.77. The van der Waals surface area contributed by atoms with Crippen molar-refractivity contribution in [3.8, 4) is 11.5 Å². The molecule has 0 spiro atoms. The average Bonchev–Trinajstić information content (AvgIpc) is 2.46. The fraction of sp³-hybridized carbons (Fsp3) is 0.625. The molecule has 120 valence electrons. The van der Waals surface area contributed by atoms with Crippen LogP contribution in [0.25, 0.3) is 0 Å². The third-order valence-corrected chi connectivity index (χ3v) is 2.94. The number of rotatable bonds is 11. The summed E-state index contributed by atoms with van der Waals surface area (Å²) in [5.41, 5.74) is 1.11. The van der Waals surface area contributed by atoms with Crippen molar-refractivity contribution in [3.05, 3.63) is 23.8 Å². The molecule has 1 aromatic carbocycles. The van der Waals surface area contributed by atoms with E-state index in [0.29, 0.717) is 19.8 Å². The highest BCUT2D eigenvalue weighted by Crippen LogP contribution is 2.31. The summed E-state index contributed by atoms with van der Waals surface area (Å²) in [6.45, 7) is 6.37. The van der Waals surface area contributed by atoms with E-state index < -0.39 is 0 Å². The van der Waals surface area contributed by atoms with Gasteiger partial charge in [-0.1, -0.05) is 12.1 Å². The zero-order valence-corrected chi connectivity index (χ0v) is 13.6. The van der Waals surface area contributed by atoms with E-state index in [1.807, 2.05) is 33.2 Å². The van der Waals surface area contributed by atoms with Crippen LogP contribution in [0.2, 0.25) is 0 Å². The molecule has 0 amide bonds. The minimum atomic E-state index is 0.630. The van der Waals surface area contributed by atoms with Gasteiger partial charge in [0.15, 0.2) is 11.5 Å². The lowest BCUT2D eigenvalue weighted by atomic mass is 10.2. The van der Waals surface area contributed by atoms with Gasteiger partial charge in [0, 0.05) is 32.3 Å². The van der Waals surface area contributed by atoms with Gasteiger partial charge < -0.3 is 24.4 Å². The summed E-state index contributed by atoms with van der Waals surface area (Å²) in [6, 6.07) is 6.01. The van der Waals surface area contributed by atoms with Crippen LogP contribution in [0.15, 0.2) is 18.2 Å². The molecule has 0 heterocycles. The minimum absolute atomic E-state index is 0.630. The lowest BCUT2D eigenvalue weighted by Gasteiger charge is -2.17. The molecule has 0 radical (unpaired) electrons. The highest BCUT2D eigenvalue weighted by Gasteiger charge is 2.11. The molecule has 5 nitrogen and oxygen atoms in total. The van der Waals surface area contributed by atoms with E-state index in [0.717, 1.165) is 36.7 Å². The van der Waals surface area contributed by atoms with Gasteiger partial charge in [0.05, 0.1) is 13.2 Å². The molecule has 1 aromatic rings. The molecule has 21 heavy (non-hydrogen) atoms. The summed E-state index contributed by atoms with van der Waals surface area (Å²) in [5.74, 6) is 1.65. The van der Waals surface area contributed by atoms with Crippen molar-refractivity contribution in [3.63, 3.8) is 0 Å². The Bertz CT molecular complexity index is 397. The van der Waals surface area contributed by atoms with Gasteiger partial charge >= 0.3 is 0 Å². The van der Waals surface area contributed by atoms with Crippen molar-refractivity contribution in [1.82, 2.24) is 10.2 Å². The maximum absolute atomic E-state index is 5.95. The molecule has 0 fully saturated rings. The number of hydrogen-bond acceptors (Lipinski definition) is 5. The Balaban J connectivity index is 2.71. The Kier molecular flexibility index (Phi) is 8.82. The fourth-order valence-corrected chi connectivity index (χ4v) is 1.86. The summed E-state index contributed by atoms with van der Waals surface area (Å²) < 4.78 is 16.7. The number of ether oxygens (including phenoxy) is 3. The van der Waals surface area contributed by atoms with Crippen molar-refractivity contribution >= 4 is 0 Å². The van der Waals surface area contributed by atoms with E-state index in [9.17, 15) is 0 Å². The molecule has 0 unspecified atom stereocenters. The Labute approximate surface area is 128 Å². The van der Waals surface area contributed by atoms with Gasteiger partial charge in [-0.2, -0.15) is 0 Å². The number of benzene rings is 1. The second-order valence-electron chi connectivity index (χ2n) is 5.00. The Morgan fingerprint density at radius 3 is 2.62 bits per heavy atom. The summed E-state index contributed by atoms with van der Waals surface area (Å²) >= 11 is 0. The first-order chi connectivity index (χ1) is 10.2. The largest absolute Gasteiger partial charge is 0.490 e. The van der Waals surface area contributed by atoms with Crippen molar-refractivity contribution in [2.24, 2.45) is 0 Å². The van der Waals surface area contributed by atoms with Gasteiger partial charge in [-0.25, -0.2) is 0 Å². The normalized spacial score (nSPS) is 10.9. The smallest absolute Gasteiger partial charge is 0.165 e. The second kappa shape index (κ2) is 10.4. The lowest BCUT2D eigenvalue weighted by molar-refractivity contribution is 0.198. The predicted molar refractivity (Wildman–Crippen MR) is 85.2 cm³/mol. The van der Waals surface area contributed by atoms with Gasteiger partial charge in [0.25, 0.3) is 0 Å². The van der Waals surface area contributed by atoms with Crippen LogP contribution in [0.5, 0.6) is 11.5 Å². The molecule has 0 aliphatic carbocycles.